The molecule has 4 N–H and O–H groups in total. The zero-order valence-corrected chi connectivity index (χ0v) is 5.39. The second-order valence-corrected chi connectivity index (χ2v) is 2.03. The van der Waals surface area contributed by atoms with E-state index in [0.717, 1.165) is 0 Å². The summed E-state index contributed by atoms with van der Waals surface area (Å²) in [6, 6.07) is 0. The molecule has 4 nitrogen and oxygen atoms in total. The molecule has 1 aliphatic rings. The van der Waals surface area contributed by atoms with Gasteiger partial charge in [0.15, 0.2) is 0 Å². The number of rotatable bonds is 1. The van der Waals surface area contributed by atoms with E-state index in [1.165, 1.54) is 0 Å². The standard InChI is InChI=1S/C5H11N4/c1-2-9(7)5(6)3-4-8-9/h3-4,6,8H,2,7H2,1H3/q+1. The van der Waals surface area contributed by atoms with Crippen LogP contribution in [0.25, 0.3) is 0 Å². The highest BCUT2D eigenvalue weighted by molar-refractivity contribution is 5.85. The Bertz CT molecular complexity index is 162. The van der Waals surface area contributed by atoms with Crippen LogP contribution in [0.2, 0.25) is 0 Å². The third kappa shape index (κ3) is 0.820. The smallest absolute Gasteiger partial charge is 0.247 e. The van der Waals surface area contributed by atoms with Crippen LogP contribution in [0.1, 0.15) is 6.92 Å². The number of amidine groups is 1. The molecule has 1 unspecified atom stereocenters. The Balaban J connectivity index is 2.74. The fourth-order valence-electron chi connectivity index (χ4n) is 0.713. The summed E-state index contributed by atoms with van der Waals surface area (Å²) in [4.78, 5) is 0. The Kier molecular flexibility index (Phi) is 1.27. The van der Waals surface area contributed by atoms with Crippen LogP contribution < -0.4 is 11.3 Å². The van der Waals surface area contributed by atoms with Crippen LogP contribution in [-0.2, 0) is 0 Å². The van der Waals surface area contributed by atoms with Crippen molar-refractivity contribution in [2.75, 3.05) is 6.54 Å². The lowest BCUT2D eigenvalue weighted by Gasteiger charge is -2.23. The largest absolute Gasteiger partial charge is 0.266 e. The van der Waals surface area contributed by atoms with Crippen LogP contribution in [0.5, 0.6) is 0 Å². The molecule has 0 amide bonds. The highest BCUT2D eigenvalue weighted by atomic mass is 15.8. The maximum absolute atomic E-state index is 7.30. The van der Waals surface area contributed by atoms with E-state index in [4.69, 9.17) is 11.3 Å². The van der Waals surface area contributed by atoms with Gasteiger partial charge in [0, 0.05) is 6.08 Å². The minimum absolute atomic E-state index is 0.0278. The highest BCUT2D eigenvalue weighted by Gasteiger charge is 2.28. The third-order valence-electron chi connectivity index (χ3n) is 1.47. The van der Waals surface area contributed by atoms with E-state index >= 15 is 0 Å². The van der Waals surface area contributed by atoms with Gasteiger partial charge < -0.3 is 0 Å². The molecule has 50 valence electrons. The van der Waals surface area contributed by atoms with Gasteiger partial charge in [0.05, 0.1) is 6.20 Å². The first-order chi connectivity index (χ1) is 4.19. The van der Waals surface area contributed by atoms with E-state index in [-0.39, 0.29) is 4.70 Å². The van der Waals surface area contributed by atoms with Gasteiger partial charge in [0.25, 0.3) is 5.84 Å². The van der Waals surface area contributed by atoms with Crippen molar-refractivity contribution in [3.05, 3.63) is 12.3 Å². The van der Waals surface area contributed by atoms with E-state index in [9.17, 15) is 0 Å². The summed E-state index contributed by atoms with van der Waals surface area (Å²) in [5.41, 5.74) is 2.84. The number of hydrogen-bond acceptors (Lipinski definition) is 3. The Labute approximate surface area is 54.0 Å². The van der Waals surface area contributed by atoms with Crippen LogP contribution >= 0.6 is 0 Å². The molecule has 0 aromatic heterocycles. The van der Waals surface area contributed by atoms with Gasteiger partial charge in [0.1, 0.15) is 6.54 Å². The molecule has 9 heavy (non-hydrogen) atoms. The zero-order valence-electron chi connectivity index (χ0n) is 5.39. The van der Waals surface area contributed by atoms with Crippen molar-refractivity contribution in [2.45, 2.75) is 6.92 Å². The fourth-order valence-corrected chi connectivity index (χ4v) is 0.713. The van der Waals surface area contributed by atoms with E-state index in [1.807, 2.05) is 6.92 Å². The van der Waals surface area contributed by atoms with Gasteiger partial charge >= 0.3 is 0 Å². The predicted octanol–water partition coefficient (Wildman–Crippen LogP) is -0.294. The van der Waals surface area contributed by atoms with Crippen LogP contribution in [0.4, 0.5) is 0 Å². The number of nitrogens with two attached hydrogens (primary N) is 1. The average molecular weight is 127 g/mol. The molecule has 0 spiro atoms. The molecule has 4 heteroatoms. The van der Waals surface area contributed by atoms with Crippen LogP contribution in [0.15, 0.2) is 12.3 Å². The van der Waals surface area contributed by atoms with Crippen molar-refractivity contribution in [1.82, 2.24) is 5.43 Å². The van der Waals surface area contributed by atoms with Crippen LogP contribution in [0, 0.1) is 5.41 Å². The van der Waals surface area contributed by atoms with Crippen molar-refractivity contribution in [1.29, 1.82) is 5.41 Å². The summed E-state index contributed by atoms with van der Waals surface area (Å²) in [5, 5.41) is 7.30. The molecule has 0 saturated carbocycles. The lowest BCUT2D eigenvalue weighted by Crippen LogP contribution is -2.61. The summed E-state index contributed by atoms with van der Waals surface area (Å²) >= 11 is 0. The second kappa shape index (κ2) is 1.82. The minimum atomic E-state index is 0.0278. The second-order valence-electron chi connectivity index (χ2n) is 2.03. The first kappa shape index (κ1) is 6.25. The summed E-state index contributed by atoms with van der Waals surface area (Å²) in [6.45, 7) is 2.61. The van der Waals surface area contributed by atoms with Crippen molar-refractivity contribution >= 4 is 5.84 Å². The summed E-state index contributed by atoms with van der Waals surface area (Å²) in [5.74, 6) is 6.04. The molecule has 0 saturated heterocycles. The Morgan fingerprint density at radius 1 is 1.89 bits per heavy atom. The van der Waals surface area contributed by atoms with Gasteiger partial charge in [-0.05, 0) is 6.92 Å². The van der Waals surface area contributed by atoms with Crippen molar-refractivity contribution in [3.63, 3.8) is 0 Å². The molecule has 0 aliphatic carbocycles. The third-order valence-corrected chi connectivity index (χ3v) is 1.47. The molecule has 0 aromatic carbocycles. The van der Waals surface area contributed by atoms with E-state index < -0.39 is 0 Å². The molecule has 0 fully saturated rings. The minimum Gasteiger partial charge on any atom is -0.247 e. The molecular formula is C5H11N4+. The molecule has 1 heterocycles. The first-order valence-corrected chi connectivity index (χ1v) is 2.89. The molecular weight excluding hydrogens is 116 g/mol. The van der Waals surface area contributed by atoms with Gasteiger partial charge in [-0.25, -0.2) is 10.8 Å². The van der Waals surface area contributed by atoms with Gasteiger partial charge in [-0.15, -0.1) is 10.5 Å². The topological polar surface area (TPSA) is 61.9 Å². The lowest BCUT2D eigenvalue weighted by molar-refractivity contribution is -0.887. The van der Waals surface area contributed by atoms with E-state index in [2.05, 4.69) is 5.43 Å². The number of nitrogens with one attached hydrogen (secondary N) is 2. The summed E-state index contributed by atoms with van der Waals surface area (Å²) < 4.78 is 0.0278. The van der Waals surface area contributed by atoms with Crippen LogP contribution in [0.3, 0.4) is 0 Å². The quantitative estimate of drug-likeness (QED) is 0.334. The SMILES string of the molecule is CC[N+]1(N)NC=CC1=N. The lowest BCUT2D eigenvalue weighted by atomic mass is 10.5. The van der Waals surface area contributed by atoms with Crippen LogP contribution in [-0.4, -0.2) is 17.1 Å². The normalized spacial score (nSPS) is 32.9. The van der Waals surface area contributed by atoms with Crippen molar-refractivity contribution < 1.29 is 4.70 Å². The van der Waals surface area contributed by atoms with Gasteiger partial charge in [-0.1, -0.05) is 0 Å². The Morgan fingerprint density at radius 3 is 2.78 bits per heavy atom. The summed E-state index contributed by atoms with van der Waals surface area (Å²) in [7, 11) is 0. The molecule has 1 rings (SSSR count). The maximum atomic E-state index is 7.30. The molecule has 0 aromatic rings. The van der Waals surface area contributed by atoms with Crippen molar-refractivity contribution in [2.24, 2.45) is 5.84 Å². The number of likely N-dealkylation sites (N-methyl/N-ethyl adjacent to an activating group) is 1. The molecule has 1 aliphatic heterocycles. The van der Waals surface area contributed by atoms with E-state index in [0.29, 0.717) is 12.4 Å². The van der Waals surface area contributed by atoms with Crippen molar-refractivity contribution in [3.8, 4) is 0 Å². The number of hydrogen-bond donors (Lipinski definition) is 3. The highest BCUT2D eigenvalue weighted by Crippen LogP contribution is 2.00. The number of quaternary nitrogens is 1. The number of nitrogens with zero attached hydrogens (tertiary/aromatic N) is 1. The summed E-state index contributed by atoms with van der Waals surface area (Å²) in [6.07, 6.45) is 3.34. The molecule has 1 atom stereocenters. The monoisotopic (exact) mass is 127 g/mol. The van der Waals surface area contributed by atoms with Gasteiger partial charge in [-0.3, -0.25) is 0 Å². The first-order valence-electron chi connectivity index (χ1n) is 2.89. The molecule has 0 radical (unpaired) electrons. The maximum Gasteiger partial charge on any atom is 0.266 e. The van der Waals surface area contributed by atoms with E-state index in [1.54, 1.807) is 12.3 Å². The average Bonchev–Trinajstić information content (AvgIpc) is 2.15. The van der Waals surface area contributed by atoms with Gasteiger partial charge in [-0.2, -0.15) is 0 Å². The zero-order chi connectivity index (χ0) is 6.91. The fraction of sp³-hybridized carbons (Fsp3) is 0.400. The molecule has 0 bridgehead atoms. The predicted molar refractivity (Wildman–Crippen MR) is 35.0 cm³/mol. The Hall–Kier alpha value is -0.870. The Morgan fingerprint density at radius 2 is 2.56 bits per heavy atom. The van der Waals surface area contributed by atoms with Gasteiger partial charge in [0.2, 0.25) is 0 Å².